The van der Waals surface area contributed by atoms with E-state index in [0.29, 0.717) is 19.1 Å². The van der Waals surface area contributed by atoms with Crippen LogP contribution in [0.25, 0.3) is 0 Å². The highest BCUT2D eigenvalue weighted by molar-refractivity contribution is 14.0. The Labute approximate surface area is 196 Å². The second-order valence-electron chi connectivity index (χ2n) is 7.91. The van der Waals surface area contributed by atoms with Crippen molar-refractivity contribution in [2.45, 2.75) is 31.1 Å². The first-order valence-electron chi connectivity index (χ1n) is 10.7. The Morgan fingerprint density at radius 3 is 2.60 bits per heavy atom. The summed E-state index contributed by atoms with van der Waals surface area (Å²) in [6, 6.07) is 6.87. The Morgan fingerprint density at radius 1 is 1.17 bits per heavy atom. The summed E-state index contributed by atoms with van der Waals surface area (Å²) in [4.78, 5) is 4.34. The number of halogens is 2. The minimum Gasteiger partial charge on any atom is -0.381 e. The molecule has 2 aliphatic rings. The maximum Gasteiger partial charge on any atom is 0.191 e. The van der Waals surface area contributed by atoms with Crippen LogP contribution in [0.15, 0.2) is 29.3 Å². The van der Waals surface area contributed by atoms with Crippen LogP contribution in [0.5, 0.6) is 0 Å². The molecule has 30 heavy (non-hydrogen) atoms. The van der Waals surface area contributed by atoms with Crippen molar-refractivity contribution in [3.63, 3.8) is 0 Å². The Kier molecular flexibility index (Phi) is 11.3. The van der Waals surface area contributed by atoms with Gasteiger partial charge in [-0.05, 0) is 43.4 Å². The molecule has 1 aromatic rings. The lowest BCUT2D eigenvalue weighted by Gasteiger charge is -2.38. The predicted octanol–water partition coefficient (Wildman–Crippen LogP) is 3.10. The van der Waals surface area contributed by atoms with Crippen molar-refractivity contribution in [3.05, 3.63) is 35.6 Å². The zero-order valence-electron chi connectivity index (χ0n) is 17.8. The van der Waals surface area contributed by atoms with E-state index in [-0.39, 0.29) is 35.2 Å². The molecule has 6 nitrogen and oxygen atoms in total. The Bertz CT molecular complexity index is 633. The molecule has 0 spiro atoms. The van der Waals surface area contributed by atoms with Crippen molar-refractivity contribution in [3.8, 4) is 0 Å². The van der Waals surface area contributed by atoms with Crippen molar-refractivity contribution < 1.29 is 18.6 Å². The van der Waals surface area contributed by atoms with Crippen LogP contribution in [0.1, 0.15) is 31.2 Å². The number of hydrogen-bond acceptors (Lipinski definition) is 4. The van der Waals surface area contributed by atoms with E-state index < -0.39 is 0 Å². The number of nitrogens with zero attached hydrogens (tertiary/aromatic N) is 1. The normalized spacial score (nSPS) is 21.1. The maximum atomic E-state index is 13.4. The second-order valence-corrected chi connectivity index (χ2v) is 7.91. The molecule has 3 rings (SSSR count). The molecule has 1 aromatic carbocycles. The molecule has 8 heteroatoms. The van der Waals surface area contributed by atoms with Gasteiger partial charge < -0.3 is 24.8 Å². The van der Waals surface area contributed by atoms with Gasteiger partial charge in [0.15, 0.2) is 5.96 Å². The van der Waals surface area contributed by atoms with E-state index >= 15 is 0 Å². The SMILES string of the molecule is CN=C(NCCCOCC1CCOC1)NCC1(c2ccc(F)cc2)CCOCC1.I. The third-order valence-corrected chi connectivity index (χ3v) is 5.86. The molecule has 0 radical (unpaired) electrons. The van der Waals surface area contributed by atoms with Gasteiger partial charge in [0.2, 0.25) is 0 Å². The number of aliphatic imine (C=N–C) groups is 1. The summed E-state index contributed by atoms with van der Waals surface area (Å²) in [7, 11) is 1.78. The van der Waals surface area contributed by atoms with Gasteiger partial charge in [0.25, 0.3) is 0 Å². The summed E-state index contributed by atoms with van der Waals surface area (Å²) in [6.45, 7) is 6.18. The van der Waals surface area contributed by atoms with Crippen LogP contribution >= 0.6 is 24.0 Å². The van der Waals surface area contributed by atoms with Crippen molar-refractivity contribution >= 4 is 29.9 Å². The van der Waals surface area contributed by atoms with E-state index in [1.54, 1.807) is 7.05 Å². The van der Waals surface area contributed by atoms with Gasteiger partial charge in [0.05, 0.1) is 13.2 Å². The number of ether oxygens (including phenoxy) is 3. The van der Waals surface area contributed by atoms with E-state index in [1.807, 2.05) is 12.1 Å². The average molecular weight is 535 g/mol. The molecule has 2 aliphatic heterocycles. The number of guanidine groups is 1. The molecule has 1 unspecified atom stereocenters. The fourth-order valence-corrected chi connectivity index (χ4v) is 3.95. The quantitative estimate of drug-likeness (QED) is 0.220. The van der Waals surface area contributed by atoms with Crippen LogP contribution in [0, 0.1) is 11.7 Å². The smallest absolute Gasteiger partial charge is 0.191 e. The van der Waals surface area contributed by atoms with Gasteiger partial charge in [0, 0.05) is 57.9 Å². The number of hydrogen-bond donors (Lipinski definition) is 2. The van der Waals surface area contributed by atoms with Gasteiger partial charge in [-0.3, -0.25) is 4.99 Å². The van der Waals surface area contributed by atoms with Gasteiger partial charge in [-0.15, -0.1) is 24.0 Å². The standard InChI is InChI=1S/C22H34FN3O3.HI/c1-24-21(25-10-2-11-28-15-18-7-12-29-16-18)26-17-22(8-13-27-14-9-22)19-3-5-20(23)6-4-19;/h3-6,18H,2,7-17H2,1H3,(H2,24,25,26);1H. The molecule has 2 fully saturated rings. The molecule has 2 saturated heterocycles. The van der Waals surface area contributed by atoms with E-state index in [1.165, 1.54) is 12.1 Å². The van der Waals surface area contributed by atoms with Crippen LogP contribution in [0.4, 0.5) is 4.39 Å². The lowest BCUT2D eigenvalue weighted by atomic mass is 9.74. The average Bonchev–Trinajstić information content (AvgIpc) is 3.27. The molecule has 0 amide bonds. The van der Waals surface area contributed by atoms with Crippen molar-refractivity contribution in [1.82, 2.24) is 10.6 Å². The van der Waals surface area contributed by atoms with Gasteiger partial charge in [-0.25, -0.2) is 4.39 Å². The summed E-state index contributed by atoms with van der Waals surface area (Å²) < 4.78 is 30.1. The van der Waals surface area contributed by atoms with E-state index in [9.17, 15) is 4.39 Å². The highest BCUT2D eigenvalue weighted by atomic mass is 127. The molecule has 2 heterocycles. The summed E-state index contributed by atoms with van der Waals surface area (Å²) in [5, 5.41) is 6.82. The minimum absolute atomic E-state index is 0. The summed E-state index contributed by atoms with van der Waals surface area (Å²) in [5.74, 6) is 1.13. The van der Waals surface area contributed by atoms with Crippen LogP contribution in [0.2, 0.25) is 0 Å². The minimum atomic E-state index is -0.205. The second kappa shape index (κ2) is 13.4. The molecule has 0 bridgehead atoms. The molecule has 2 N–H and O–H groups in total. The molecule has 170 valence electrons. The lowest BCUT2D eigenvalue weighted by Crippen LogP contribution is -2.48. The molecule has 0 aliphatic carbocycles. The number of benzene rings is 1. The van der Waals surface area contributed by atoms with E-state index in [0.717, 1.165) is 76.7 Å². The van der Waals surface area contributed by atoms with Crippen LogP contribution in [-0.2, 0) is 19.6 Å². The van der Waals surface area contributed by atoms with Gasteiger partial charge >= 0.3 is 0 Å². The van der Waals surface area contributed by atoms with E-state index in [2.05, 4.69) is 15.6 Å². The molecule has 0 saturated carbocycles. The zero-order valence-corrected chi connectivity index (χ0v) is 20.2. The van der Waals surface area contributed by atoms with Crippen molar-refractivity contribution in [2.24, 2.45) is 10.9 Å². The fourth-order valence-electron chi connectivity index (χ4n) is 3.95. The maximum absolute atomic E-state index is 13.4. The third-order valence-electron chi connectivity index (χ3n) is 5.86. The zero-order chi connectivity index (χ0) is 20.4. The molecular formula is C22H35FIN3O3. The van der Waals surface area contributed by atoms with Crippen LogP contribution < -0.4 is 10.6 Å². The largest absolute Gasteiger partial charge is 0.381 e. The molecular weight excluding hydrogens is 500 g/mol. The molecule has 1 atom stereocenters. The summed E-state index contributed by atoms with van der Waals surface area (Å²) >= 11 is 0. The van der Waals surface area contributed by atoms with Gasteiger partial charge in [-0.2, -0.15) is 0 Å². The van der Waals surface area contributed by atoms with Crippen LogP contribution in [0.3, 0.4) is 0 Å². The van der Waals surface area contributed by atoms with Crippen LogP contribution in [-0.4, -0.2) is 65.7 Å². The third kappa shape index (κ3) is 7.62. The van der Waals surface area contributed by atoms with Crippen molar-refractivity contribution in [2.75, 3.05) is 59.8 Å². The van der Waals surface area contributed by atoms with E-state index in [4.69, 9.17) is 14.2 Å². The number of rotatable bonds is 9. The first kappa shape index (κ1) is 25.3. The molecule has 0 aromatic heterocycles. The monoisotopic (exact) mass is 535 g/mol. The van der Waals surface area contributed by atoms with Crippen molar-refractivity contribution in [1.29, 1.82) is 0 Å². The predicted molar refractivity (Wildman–Crippen MR) is 127 cm³/mol. The lowest BCUT2D eigenvalue weighted by molar-refractivity contribution is 0.0513. The highest BCUT2D eigenvalue weighted by Gasteiger charge is 2.34. The van der Waals surface area contributed by atoms with Gasteiger partial charge in [-0.1, -0.05) is 12.1 Å². The fraction of sp³-hybridized carbons (Fsp3) is 0.682. The van der Waals surface area contributed by atoms with Gasteiger partial charge in [0.1, 0.15) is 5.82 Å². The first-order chi connectivity index (χ1) is 14.2. The Hall–Kier alpha value is -0.970. The summed E-state index contributed by atoms with van der Waals surface area (Å²) in [5.41, 5.74) is 1.07. The topological polar surface area (TPSA) is 64.1 Å². The summed E-state index contributed by atoms with van der Waals surface area (Å²) in [6.07, 6.45) is 3.84. The number of nitrogens with one attached hydrogen (secondary N) is 2. The first-order valence-corrected chi connectivity index (χ1v) is 10.7. The Morgan fingerprint density at radius 2 is 1.93 bits per heavy atom. The Balaban J connectivity index is 0.00000320. The highest BCUT2D eigenvalue weighted by Crippen LogP contribution is 2.34.